The summed E-state index contributed by atoms with van der Waals surface area (Å²) in [5, 5.41) is 1.18. The quantitative estimate of drug-likeness (QED) is 0.762. The number of rotatable bonds is 3. The highest BCUT2D eigenvalue weighted by molar-refractivity contribution is 5.83. The fraction of sp³-hybridized carbons (Fsp3) is 0.250. The lowest BCUT2D eigenvalue weighted by molar-refractivity contribution is -0.118. The molecule has 0 aliphatic rings. The van der Waals surface area contributed by atoms with Gasteiger partial charge in [0.25, 0.3) is 0 Å². The van der Waals surface area contributed by atoms with Crippen molar-refractivity contribution in [3.8, 4) is 0 Å². The lowest BCUT2D eigenvalue weighted by Crippen LogP contribution is -2.19. The number of nitrogens with zero attached hydrogens (tertiary/aromatic N) is 1. The van der Waals surface area contributed by atoms with Gasteiger partial charge in [-0.05, 0) is 18.6 Å². The molecule has 1 amide bonds. The van der Waals surface area contributed by atoms with Crippen LogP contribution in [0.15, 0.2) is 30.5 Å². The smallest absolute Gasteiger partial charge is 0.209 e. The van der Waals surface area contributed by atoms with E-state index >= 15 is 0 Å². The number of nitrogens with one attached hydrogen (secondary N) is 1. The van der Waals surface area contributed by atoms with Gasteiger partial charge in [-0.3, -0.25) is 4.79 Å². The molecular weight excluding hydrogens is 188 g/mol. The van der Waals surface area contributed by atoms with Crippen LogP contribution in [0.4, 0.5) is 0 Å². The van der Waals surface area contributed by atoms with Gasteiger partial charge in [0, 0.05) is 24.1 Å². The first-order chi connectivity index (χ1) is 7.24. The Morgan fingerprint density at radius 2 is 2.13 bits per heavy atom. The molecule has 0 fully saturated rings. The van der Waals surface area contributed by atoms with Gasteiger partial charge in [-0.25, -0.2) is 0 Å². The second kappa shape index (κ2) is 3.77. The highest BCUT2D eigenvalue weighted by Gasteiger charge is 2.13. The number of aromatic amines is 1. The summed E-state index contributed by atoms with van der Waals surface area (Å²) in [6, 6.07) is 8.20. The molecule has 0 radical (unpaired) electrons. The van der Waals surface area contributed by atoms with Crippen molar-refractivity contribution < 1.29 is 4.79 Å². The average molecular weight is 202 g/mol. The van der Waals surface area contributed by atoms with E-state index in [1.807, 2.05) is 31.3 Å². The van der Waals surface area contributed by atoms with Crippen LogP contribution in [0.5, 0.6) is 0 Å². The molecule has 1 N–H and O–H groups in total. The molecule has 1 unspecified atom stereocenters. The molecule has 2 aromatic rings. The Hall–Kier alpha value is -1.77. The Bertz CT molecular complexity index is 475. The van der Waals surface area contributed by atoms with Crippen LogP contribution in [0.25, 0.3) is 10.9 Å². The molecule has 1 aromatic carbocycles. The first-order valence-corrected chi connectivity index (χ1v) is 4.97. The topological polar surface area (TPSA) is 36.1 Å². The van der Waals surface area contributed by atoms with Crippen LogP contribution < -0.4 is 0 Å². The van der Waals surface area contributed by atoms with Gasteiger partial charge in [0.1, 0.15) is 0 Å². The molecule has 0 saturated heterocycles. The van der Waals surface area contributed by atoms with E-state index in [0.29, 0.717) is 0 Å². The number of H-pyrrole nitrogens is 1. The Labute approximate surface area is 88.7 Å². The highest BCUT2D eigenvalue weighted by Crippen LogP contribution is 2.26. The van der Waals surface area contributed by atoms with E-state index in [9.17, 15) is 4.79 Å². The monoisotopic (exact) mass is 202 g/mol. The zero-order valence-corrected chi connectivity index (χ0v) is 8.90. The van der Waals surface area contributed by atoms with Crippen molar-refractivity contribution in [3.05, 3.63) is 36.0 Å². The van der Waals surface area contributed by atoms with Gasteiger partial charge in [-0.1, -0.05) is 18.2 Å². The minimum absolute atomic E-state index is 0.0960. The summed E-state index contributed by atoms with van der Waals surface area (Å²) in [7, 11) is 1.79. The van der Waals surface area contributed by atoms with Crippen LogP contribution in [-0.4, -0.2) is 23.3 Å². The summed E-state index contributed by atoms with van der Waals surface area (Å²) in [4.78, 5) is 15.6. The van der Waals surface area contributed by atoms with Crippen LogP contribution in [0, 0.1) is 0 Å². The number of carbonyl (C=O) groups is 1. The van der Waals surface area contributed by atoms with E-state index in [4.69, 9.17) is 0 Å². The largest absolute Gasteiger partial charge is 0.361 e. The zero-order valence-electron chi connectivity index (χ0n) is 8.90. The van der Waals surface area contributed by atoms with Crippen molar-refractivity contribution in [2.75, 3.05) is 7.05 Å². The van der Waals surface area contributed by atoms with Crippen molar-refractivity contribution in [3.63, 3.8) is 0 Å². The van der Waals surface area contributed by atoms with Crippen molar-refractivity contribution in [1.82, 2.24) is 9.88 Å². The molecule has 0 aliphatic carbocycles. The molecular formula is C12H14N2O. The van der Waals surface area contributed by atoms with Gasteiger partial charge in [0.2, 0.25) is 6.41 Å². The van der Waals surface area contributed by atoms with Gasteiger partial charge >= 0.3 is 0 Å². The van der Waals surface area contributed by atoms with Crippen LogP contribution in [0.3, 0.4) is 0 Å². The fourth-order valence-corrected chi connectivity index (χ4v) is 1.75. The number of fused-ring (bicyclic) bond motifs is 1. The fourth-order valence-electron chi connectivity index (χ4n) is 1.75. The summed E-state index contributed by atoms with van der Waals surface area (Å²) in [5.41, 5.74) is 2.26. The second-order valence-electron chi connectivity index (χ2n) is 3.74. The third kappa shape index (κ3) is 1.61. The summed E-state index contributed by atoms with van der Waals surface area (Å²) >= 11 is 0. The van der Waals surface area contributed by atoms with E-state index in [1.165, 1.54) is 5.39 Å². The summed E-state index contributed by atoms with van der Waals surface area (Å²) < 4.78 is 0. The van der Waals surface area contributed by atoms with Crippen molar-refractivity contribution in [2.24, 2.45) is 0 Å². The van der Waals surface area contributed by atoms with Crippen LogP contribution in [0.1, 0.15) is 18.5 Å². The van der Waals surface area contributed by atoms with E-state index in [1.54, 1.807) is 11.9 Å². The maximum absolute atomic E-state index is 10.7. The van der Waals surface area contributed by atoms with Gasteiger partial charge in [0.15, 0.2) is 0 Å². The number of aromatic nitrogens is 1. The van der Waals surface area contributed by atoms with Crippen molar-refractivity contribution in [2.45, 2.75) is 13.0 Å². The lowest BCUT2D eigenvalue weighted by Gasteiger charge is -2.19. The van der Waals surface area contributed by atoms with Gasteiger partial charge in [0.05, 0.1) is 6.04 Å². The molecule has 0 bridgehead atoms. The predicted molar refractivity (Wildman–Crippen MR) is 60.5 cm³/mol. The molecule has 1 atom stereocenters. The summed E-state index contributed by atoms with van der Waals surface area (Å²) in [5.74, 6) is 0. The van der Waals surface area contributed by atoms with Gasteiger partial charge in [-0.15, -0.1) is 0 Å². The number of hydrogen-bond acceptors (Lipinski definition) is 1. The number of carbonyl (C=O) groups excluding carboxylic acids is 1. The number of hydrogen-bond donors (Lipinski definition) is 1. The standard InChI is InChI=1S/C12H14N2O/c1-9(14(2)8-15)11-7-13-12-6-4-3-5-10(11)12/h3-9,13H,1-2H3. The SMILES string of the molecule is CC(c1c[nH]c2ccccc12)N(C)C=O. The van der Waals surface area contributed by atoms with Crippen LogP contribution in [-0.2, 0) is 4.79 Å². The Morgan fingerprint density at radius 3 is 2.87 bits per heavy atom. The summed E-state index contributed by atoms with van der Waals surface area (Å²) in [6.07, 6.45) is 2.82. The van der Waals surface area contributed by atoms with E-state index < -0.39 is 0 Å². The Balaban J connectivity index is 2.48. The molecule has 3 heteroatoms. The molecule has 0 aliphatic heterocycles. The minimum atomic E-state index is 0.0960. The Morgan fingerprint density at radius 1 is 1.40 bits per heavy atom. The molecule has 3 nitrogen and oxygen atoms in total. The summed E-state index contributed by atoms with van der Waals surface area (Å²) in [6.45, 7) is 2.02. The molecule has 0 saturated carbocycles. The van der Waals surface area contributed by atoms with E-state index in [2.05, 4.69) is 11.1 Å². The zero-order chi connectivity index (χ0) is 10.8. The van der Waals surface area contributed by atoms with Crippen LogP contribution in [0.2, 0.25) is 0 Å². The first-order valence-electron chi connectivity index (χ1n) is 4.97. The molecule has 0 spiro atoms. The van der Waals surface area contributed by atoms with Crippen molar-refractivity contribution >= 4 is 17.3 Å². The van der Waals surface area contributed by atoms with Gasteiger partial charge in [-0.2, -0.15) is 0 Å². The van der Waals surface area contributed by atoms with Crippen LogP contribution >= 0.6 is 0 Å². The molecule has 1 aromatic heterocycles. The van der Waals surface area contributed by atoms with E-state index in [-0.39, 0.29) is 6.04 Å². The number of amides is 1. The number of para-hydroxylation sites is 1. The number of benzene rings is 1. The highest BCUT2D eigenvalue weighted by atomic mass is 16.1. The Kier molecular flexibility index (Phi) is 2.46. The first kappa shape index (κ1) is 9.77. The maximum atomic E-state index is 10.7. The molecule has 78 valence electrons. The van der Waals surface area contributed by atoms with Crippen molar-refractivity contribution in [1.29, 1.82) is 0 Å². The molecule has 2 rings (SSSR count). The van der Waals surface area contributed by atoms with Gasteiger partial charge < -0.3 is 9.88 Å². The predicted octanol–water partition coefficient (Wildman–Crippen LogP) is 2.32. The minimum Gasteiger partial charge on any atom is -0.361 e. The molecule has 1 heterocycles. The van der Waals surface area contributed by atoms with E-state index in [0.717, 1.165) is 17.5 Å². The average Bonchev–Trinajstić information content (AvgIpc) is 2.70. The third-order valence-electron chi connectivity index (χ3n) is 2.85. The lowest BCUT2D eigenvalue weighted by atomic mass is 10.1. The maximum Gasteiger partial charge on any atom is 0.209 e. The second-order valence-corrected chi connectivity index (χ2v) is 3.74. The normalized spacial score (nSPS) is 12.7. The third-order valence-corrected chi connectivity index (χ3v) is 2.85. The molecule has 15 heavy (non-hydrogen) atoms.